The summed E-state index contributed by atoms with van der Waals surface area (Å²) in [5.74, 6) is -1.66. The molecule has 50 heavy (non-hydrogen) atoms. The van der Waals surface area contributed by atoms with Gasteiger partial charge in [0.2, 0.25) is 5.91 Å². The van der Waals surface area contributed by atoms with E-state index in [-0.39, 0.29) is 82.7 Å². The van der Waals surface area contributed by atoms with Crippen LogP contribution in [0.15, 0.2) is 24.3 Å². The summed E-state index contributed by atoms with van der Waals surface area (Å²) in [4.78, 5) is 74.4. The Hall–Kier alpha value is -4.50. The van der Waals surface area contributed by atoms with Crippen LogP contribution in [0.5, 0.6) is 5.75 Å². The van der Waals surface area contributed by atoms with Gasteiger partial charge < -0.3 is 44.1 Å². The van der Waals surface area contributed by atoms with Gasteiger partial charge in [-0.25, -0.2) is 9.78 Å². The summed E-state index contributed by atoms with van der Waals surface area (Å²) in [6.07, 6.45) is 0.987. The number of aliphatic hydroxyl groups excluding tert-OH is 1. The number of carbonyl (C=O) groups is 5. The average molecular weight is 700 g/mol. The molecule has 2 N–H and O–H groups in total. The number of benzene rings is 1. The lowest BCUT2D eigenvalue weighted by atomic mass is 10.1. The molecule has 0 bridgehead atoms. The van der Waals surface area contributed by atoms with Gasteiger partial charge in [0.15, 0.2) is 6.61 Å². The summed E-state index contributed by atoms with van der Waals surface area (Å²) >= 11 is 0. The molecule has 1 aromatic carbocycles. The predicted octanol–water partition coefficient (Wildman–Crippen LogP) is 2.05. The van der Waals surface area contributed by atoms with E-state index in [4.69, 9.17) is 18.9 Å². The molecule has 2 atom stereocenters. The number of ether oxygens (including phenoxy) is 4. The topological polar surface area (TPSA) is 177 Å². The first-order chi connectivity index (χ1) is 24.1. The molecule has 15 nitrogen and oxygen atoms in total. The van der Waals surface area contributed by atoms with Crippen molar-refractivity contribution < 1.29 is 48.0 Å². The molecular weight excluding hydrogens is 650 g/mol. The van der Waals surface area contributed by atoms with Crippen LogP contribution in [0, 0.1) is 6.92 Å². The van der Waals surface area contributed by atoms with Crippen LogP contribution in [0.4, 0.5) is 4.79 Å². The Labute approximate surface area is 292 Å². The van der Waals surface area contributed by atoms with Gasteiger partial charge in [-0.1, -0.05) is 19.4 Å². The summed E-state index contributed by atoms with van der Waals surface area (Å²) in [5.41, 5.74) is 1.30. The van der Waals surface area contributed by atoms with E-state index in [1.165, 1.54) is 11.0 Å². The Balaban J connectivity index is 1.48. The summed E-state index contributed by atoms with van der Waals surface area (Å²) in [5, 5.41) is 13.2. The molecule has 2 unspecified atom stereocenters. The molecule has 3 heterocycles. The van der Waals surface area contributed by atoms with Crippen molar-refractivity contribution in [2.75, 3.05) is 72.3 Å². The highest BCUT2D eigenvalue weighted by atomic mass is 16.6. The number of esters is 1. The van der Waals surface area contributed by atoms with Crippen molar-refractivity contribution in [3.8, 4) is 5.75 Å². The monoisotopic (exact) mass is 699 g/mol. The van der Waals surface area contributed by atoms with E-state index in [1.54, 1.807) is 21.9 Å². The van der Waals surface area contributed by atoms with Gasteiger partial charge in [-0.15, -0.1) is 0 Å². The number of aromatic nitrogens is 1. The largest absolute Gasteiger partial charge is 0.483 e. The second-order valence-electron chi connectivity index (χ2n) is 12.4. The van der Waals surface area contributed by atoms with Crippen LogP contribution in [0.25, 0.3) is 10.9 Å². The predicted molar refractivity (Wildman–Crippen MR) is 182 cm³/mol. The van der Waals surface area contributed by atoms with E-state index in [0.717, 1.165) is 18.4 Å². The SMILES string of the molecule is CCCCOC(=O)N1CCN(C(=O)C(CCC(=O)OCCOCC)NC(=O)c2cc(OCC(=O)N3CCC(O)C3)c3ccc(C)cc3n2)CC1. The van der Waals surface area contributed by atoms with Gasteiger partial charge in [-0.3, -0.25) is 19.2 Å². The molecule has 0 radical (unpaired) electrons. The summed E-state index contributed by atoms with van der Waals surface area (Å²) in [6, 6.07) is 5.76. The number of likely N-dealkylation sites (tertiary alicyclic amines) is 1. The lowest BCUT2D eigenvalue weighted by Crippen LogP contribution is -2.56. The van der Waals surface area contributed by atoms with Crippen LogP contribution in [0.3, 0.4) is 0 Å². The van der Waals surface area contributed by atoms with E-state index in [9.17, 15) is 29.1 Å². The molecule has 4 amide bonds. The van der Waals surface area contributed by atoms with Crippen LogP contribution in [-0.2, 0) is 28.6 Å². The highest BCUT2D eigenvalue weighted by Gasteiger charge is 2.32. The fourth-order valence-corrected chi connectivity index (χ4v) is 5.65. The second-order valence-corrected chi connectivity index (χ2v) is 12.4. The van der Waals surface area contributed by atoms with E-state index in [1.807, 2.05) is 26.8 Å². The first-order valence-corrected chi connectivity index (χ1v) is 17.3. The molecule has 2 aliphatic heterocycles. The van der Waals surface area contributed by atoms with Gasteiger partial charge in [-0.2, -0.15) is 0 Å². The molecule has 15 heteroatoms. The van der Waals surface area contributed by atoms with E-state index in [0.29, 0.717) is 37.1 Å². The third kappa shape index (κ3) is 11.0. The number of pyridine rings is 1. The van der Waals surface area contributed by atoms with Crippen LogP contribution < -0.4 is 10.1 Å². The smallest absolute Gasteiger partial charge is 0.409 e. The van der Waals surface area contributed by atoms with Gasteiger partial charge >= 0.3 is 12.1 Å². The summed E-state index contributed by atoms with van der Waals surface area (Å²) in [6.45, 7) is 8.18. The molecule has 0 aliphatic carbocycles. The second kappa shape index (κ2) is 19.0. The minimum atomic E-state index is -1.10. The first-order valence-electron chi connectivity index (χ1n) is 17.3. The van der Waals surface area contributed by atoms with E-state index >= 15 is 0 Å². The van der Waals surface area contributed by atoms with Gasteiger partial charge in [-0.05, 0) is 50.8 Å². The lowest BCUT2D eigenvalue weighted by molar-refractivity contribution is -0.145. The van der Waals surface area contributed by atoms with Gasteiger partial charge in [0.1, 0.15) is 24.1 Å². The number of carbonyl (C=O) groups excluding carboxylic acids is 5. The van der Waals surface area contributed by atoms with Crippen molar-refractivity contribution in [3.63, 3.8) is 0 Å². The van der Waals surface area contributed by atoms with Crippen molar-refractivity contribution in [1.29, 1.82) is 0 Å². The van der Waals surface area contributed by atoms with Gasteiger partial charge in [0, 0.05) is 63.7 Å². The van der Waals surface area contributed by atoms with Crippen molar-refractivity contribution in [2.45, 2.75) is 65.0 Å². The number of hydrogen-bond donors (Lipinski definition) is 2. The fourth-order valence-electron chi connectivity index (χ4n) is 5.65. The molecule has 2 saturated heterocycles. The molecule has 4 rings (SSSR count). The zero-order valence-corrected chi connectivity index (χ0v) is 29.2. The summed E-state index contributed by atoms with van der Waals surface area (Å²) < 4.78 is 21.7. The average Bonchev–Trinajstić information content (AvgIpc) is 3.56. The Bertz CT molecular complexity index is 1500. The maximum atomic E-state index is 13.8. The number of nitrogens with zero attached hydrogens (tertiary/aromatic N) is 4. The Morgan fingerprint density at radius 3 is 2.42 bits per heavy atom. The van der Waals surface area contributed by atoms with Gasteiger partial charge in [0.25, 0.3) is 11.8 Å². The Kier molecular flexibility index (Phi) is 14.6. The number of nitrogens with one attached hydrogen (secondary N) is 1. The molecular formula is C35H49N5O10. The number of fused-ring (bicyclic) bond motifs is 1. The zero-order chi connectivity index (χ0) is 36.0. The highest BCUT2D eigenvalue weighted by molar-refractivity contribution is 5.99. The molecule has 274 valence electrons. The van der Waals surface area contributed by atoms with Crippen LogP contribution in [0.2, 0.25) is 0 Å². The number of aliphatic hydroxyl groups is 1. The van der Waals surface area contributed by atoms with Crippen LogP contribution in [-0.4, -0.2) is 139 Å². The highest BCUT2D eigenvalue weighted by Crippen LogP contribution is 2.27. The normalized spacial score (nSPS) is 16.6. The molecule has 0 spiro atoms. The molecule has 2 aliphatic rings. The van der Waals surface area contributed by atoms with Crippen molar-refractivity contribution in [2.24, 2.45) is 0 Å². The molecule has 2 fully saturated rings. The lowest BCUT2D eigenvalue weighted by Gasteiger charge is -2.36. The third-order valence-electron chi connectivity index (χ3n) is 8.54. The number of piperazine rings is 1. The zero-order valence-electron chi connectivity index (χ0n) is 29.2. The molecule has 1 aromatic heterocycles. The maximum Gasteiger partial charge on any atom is 0.409 e. The number of hydrogen-bond acceptors (Lipinski definition) is 11. The Morgan fingerprint density at radius 1 is 0.960 bits per heavy atom. The number of amides is 4. The number of β-amino-alcohol motifs (C(OH)–C–C–N with tert-alkyl or cyclic N) is 1. The Morgan fingerprint density at radius 2 is 1.72 bits per heavy atom. The number of unbranched alkanes of at least 4 members (excludes halogenated alkanes) is 1. The van der Waals surface area contributed by atoms with Crippen molar-refractivity contribution >= 4 is 40.7 Å². The molecule has 0 saturated carbocycles. The summed E-state index contributed by atoms with van der Waals surface area (Å²) in [7, 11) is 0. The minimum Gasteiger partial charge on any atom is -0.483 e. The van der Waals surface area contributed by atoms with E-state index < -0.39 is 36.0 Å². The van der Waals surface area contributed by atoms with Crippen molar-refractivity contribution in [1.82, 2.24) is 25.0 Å². The van der Waals surface area contributed by atoms with Crippen molar-refractivity contribution in [3.05, 3.63) is 35.5 Å². The van der Waals surface area contributed by atoms with Gasteiger partial charge in [0.05, 0.1) is 24.8 Å². The fraction of sp³-hybridized carbons (Fsp3) is 0.600. The third-order valence-corrected chi connectivity index (χ3v) is 8.54. The number of rotatable bonds is 16. The first kappa shape index (κ1) is 38.3. The minimum absolute atomic E-state index is 0.0381. The van der Waals surface area contributed by atoms with Crippen LogP contribution in [0.1, 0.15) is 62.0 Å². The standard InChI is InChI=1S/C35H49N5O10/c1-4-6-17-49-35(46)39-15-13-38(14-16-39)34(45)27(9-10-32(43)48-19-18-47-5-2)37-33(44)29-21-30(26-8-7-24(3)20-28(26)36-29)50-23-31(42)40-12-11-25(41)22-40/h7-8,20-21,25,27,41H,4-6,9-19,22-23H2,1-3H3,(H,37,44). The maximum absolute atomic E-state index is 13.8. The molecule has 2 aromatic rings. The number of aryl methyl sites for hydroxylation is 1. The van der Waals surface area contributed by atoms with E-state index in [2.05, 4.69) is 10.3 Å². The quantitative estimate of drug-likeness (QED) is 0.194. The van der Waals surface area contributed by atoms with Crippen LogP contribution >= 0.6 is 0 Å².